The largest absolute Gasteiger partial charge is 0.383 e. The summed E-state index contributed by atoms with van der Waals surface area (Å²) < 4.78 is 44.0. The normalized spacial score (nSPS) is 18.7. The molecule has 0 unspecified atom stereocenters. The number of sulfonamides is 1. The zero-order valence-corrected chi connectivity index (χ0v) is 23.4. The van der Waals surface area contributed by atoms with Crippen LogP contribution in [-0.4, -0.2) is 61.5 Å². The average Bonchev–Trinajstić information content (AvgIpc) is 3.30. The third kappa shape index (κ3) is 5.84. The number of piperidine rings is 1. The molecule has 1 fully saturated rings. The lowest BCUT2D eigenvalue weighted by Crippen LogP contribution is -2.51. The first kappa shape index (κ1) is 27.0. The third-order valence-electron chi connectivity index (χ3n) is 7.47. The molecule has 3 aromatic rings. The van der Waals surface area contributed by atoms with Gasteiger partial charge in [0, 0.05) is 38.4 Å². The van der Waals surface area contributed by atoms with E-state index in [1.807, 2.05) is 6.07 Å². The molecule has 5 rings (SSSR count). The van der Waals surface area contributed by atoms with E-state index in [2.05, 4.69) is 33.9 Å². The number of thiazole rings is 1. The van der Waals surface area contributed by atoms with Crippen molar-refractivity contribution in [3.05, 3.63) is 47.2 Å². The molecule has 0 radical (unpaired) electrons. The van der Waals surface area contributed by atoms with Gasteiger partial charge in [0.15, 0.2) is 0 Å². The van der Waals surface area contributed by atoms with Crippen molar-refractivity contribution < 1.29 is 17.6 Å². The standard InChI is InChI=1S/C27H34FN5O3S2/c1-27(2)15-19-4-3-5-23(25(19)30-17-27)38(35,36)32-21(14-24-31-20-7-11-29-16-22(20)37-24)26(34)33-12-8-18(6-10-28)9-13-33/h3-5,7,11,16,18,21,30,32H,6,8-10,12-15,17H2,1-2H3/t21-/m0/s1. The number of halogens is 1. The predicted octanol–water partition coefficient (Wildman–Crippen LogP) is 4.17. The monoisotopic (exact) mass is 559 g/mol. The second kappa shape index (κ2) is 10.9. The molecule has 1 saturated heterocycles. The summed E-state index contributed by atoms with van der Waals surface area (Å²) in [5.74, 6) is -0.0225. The van der Waals surface area contributed by atoms with E-state index in [0.29, 0.717) is 49.6 Å². The Bertz CT molecular complexity index is 1380. The second-order valence-electron chi connectivity index (χ2n) is 11.1. The number of amides is 1. The minimum atomic E-state index is -4.04. The van der Waals surface area contributed by atoms with Gasteiger partial charge in [0.05, 0.1) is 27.6 Å². The highest BCUT2D eigenvalue weighted by atomic mass is 32.2. The Morgan fingerprint density at radius 1 is 1.29 bits per heavy atom. The van der Waals surface area contributed by atoms with Crippen LogP contribution in [-0.2, 0) is 27.7 Å². The molecule has 1 amide bonds. The Morgan fingerprint density at radius 3 is 2.82 bits per heavy atom. The summed E-state index contributed by atoms with van der Waals surface area (Å²) in [4.78, 5) is 24.4. The molecular weight excluding hydrogens is 525 g/mol. The van der Waals surface area contributed by atoms with Crippen LogP contribution in [0.15, 0.2) is 41.6 Å². The molecule has 0 saturated carbocycles. The maximum absolute atomic E-state index is 13.8. The maximum Gasteiger partial charge on any atom is 0.243 e. The predicted molar refractivity (Wildman–Crippen MR) is 148 cm³/mol. The molecule has 1 aromatic carbocycles. The third-order valence-corrected chi connectivity index (χ3v) is 10.0. The number of carbonyl (C=O) groups excluding carboxylic acids is 1. The molecule has 2 N–H and O–H groups in total. The van der Waals surface area contributed by atoms with Crippen LogP contribution in [0.5, 0.6) is 0 Å². The van der Waals surface area contributed by atoms with E-state index in [4.69, 9.17) is 0 Å². The lowest BCUT2D eigenvalue weighted by atomic mass is 9.82. The van der Waals surface area contributed by atoms with E-state index < -0.39 is 16.1 Å². The van der Waals surface area contributed by atoms with Crippen LogP contribution >= 0.6 is 11.3 Å². The topological polar surface area (TPSA) is 104 Å². The SMILES string of the molecule is CC1(C)CNc2c(cccc2S(=O)(=O)N[C@@H](Cc2nc3ccncc3s2)C(=O)N2CCC(CCF)CC2)C1. The minimum Gasteiger partial charge on any atom is -0.383 e. The summed E-state index contributed by atoms with van der Waals surface area (Å²) in [7, 11) is -4.04. The molecule has 11 heteroatoms. The molecule has 0 bridgehead atoms. The van der Waals surface area contributed by atoms with Gasteiger partial charge in [-0.2, -0.15) is 4.72 Å². The van der Waals surface area contributed by atoms with Crippen molar-refractivity contribution in [1.82, 2.24) is 19.6 Å². The molecule has 1 atom stereocenters. The van der Waals surface area contributed by atoms with Gasteiger partial charge >= 0.3 is 0 Å². The van der Waals surface area contributed by atoms with Gasteiger partial charge in [0.25, 0.3) is 0 Å². The highest BCUT2D eigenvalue weighted by molar-refractivity contribution is 7.89. The van der Waals surface area contributed by atoms with Crippen LogP contribution in [0.1, 0.15) is 43.7 Å². The van der Waals surface area contributed by atoms with Crippen molar-refractivity contribution in [1.29, 1.82) is 0 Å². The molecule has 204 valence electrons. The molecular formula is C27H34FN5O3S2. The number of pyridine rings is 1. The number of hydrogen-bond donors (Lipinski definition) is 2. The van der Waals surface area contributed by atoms with Gasteiger partial charge < -0.3 is 10.2 Å². The summed E-state index contributed by atoms with van der Waals surface area (Å²) in [5, 5.41) is 3.98. The van der Waals surface area contributed by atoms with Gasteiger partial charge in [0.1, 0.15) is 10.9 Å². The van der Waals surface area contributed by atoms with Crippen LogP contribution in [0.3, 0.4) is 0 Å². The number of nitrogens with one attached hydrogen (secondary N) is 2. The van der Waals surface area contributed by atoms with Crippen molar-refractivity contribution >= 4 is 43.2 Å². The fourth-order valence-electron chi connectivity index (χ4n) is 5.39. The number of benzene rings is 1. The van der Waals surface area contributed by atoms with E-state index >= 15 is 0 Å². The number of nitrogens with zero attached hydrogens (tertiary/aromatic N) is 3. The zero-order chi connectivity index (χ0) is 26.9. The van der Waals surface area contributed by atoms with Gasteiger partial charge in [-0.1, -0.05) is 26.0 Å². The van der Waals surface area contributed by atoms with Crippen LogP contribution < -0.4 is 10.0 Å². The van der Waals surface area contributed by atoms with Crippen LogP contribution in [0, 0.1) is 11.3 Å². The van der Waals surface area contributed by atoms with Crippen molar-refractivity contribution in [3.63, 3.8) is 0 Å². The Morgan fingerprint density at radius 2 is 2.08 bits per heavy atom. The van der Waals surface area contributed by atoms with Gasteiger partial charge in [-0.15, -0.1) is 11.3 Å². The summed E-state index contributed by atoms with van der Waals surface area (Å²) >= 11 is 1.41. The molecule has 8 nitrogen and oxygen atoms in total. The van der Waals surface area contributed by atoms with Gasteiger partial charge in [-0.25, -0.2) is 13.4 Å². The average molecular weight is 560 g/mol. The lowest BCUT2D eigenvalue weighted by Gasteiger charge is -2.35. The first-order chi connectivity index (χ1) is 18.1. The molecule has 0 spiro atoms. The number of aromatic nitrogens is 2. The van der Waals surface area contributed by atoms with Crippen molar-refractivity contribution in [2.24, 2.45) is 11.3 Å². The first-order valence-corrected chi connectivity index (χ1v) is 15.4. The Kier molecular flexibility index (Phi) is 7.70. The number of fused-ring (bicyclic) bond motifs is 2. The number of anilines is 1. The van der Waals surface area contributed by atoms with Gasteiger partial charge in [-0.3, -0.25) is 14.2 Å². The number of para-hydroxylation sites is 1. The molecule has 38 heavy (non-hydrogen) atoms. The second-order valence-corrected chi connectivity index (χ2v) is 13.9. The molecule has 0 aliphatic carbocycles. The molecule has 2 aromatic heterocycles. The molecule has 2 aliphatic heterocycles. The smallest absolute Gasteiger partial charge is 0.243 e. The summed E-state index contributed by atoms with van der Waals surface area (Å²) in [6.07, 6.45) is 6.20. The van der Waals surface area contributed by atoms with Crippen LogP contribution in [0.4, 0.5) is 10.1 Å². The fraction of sp³-hybridized carbons (Fsp3) is 0.519. The number of hydrogen-bond acceptors (Lipinski definition) is 7. The number of alkyl halides is 1. The first-order valence-electron chi connectivity index (χ1n) is 13.1. The van der Waals surface area contributed by atoms with Crippen molar-refractivity contribution in [2.75, 3.05) is 31.6 Å². The zero-order valence-electron chi connectivity index (χ0n) is 21.7. The highest BCUT2D eigenvalue weighted by Crippen LogP contribution is 2.36. The van der Waals surface area contributed by atoms with Gasteiger partial charge in [-0.05, 0) is 54.7 Å². The summed E-state index contributed by atoms with van der Waals surface area (Å²) in [6.45, 7) is 5.55. The fourth-order valence-corrected chi connectivity index (χ4v) is 7.79. The highest BCUT2D eigenvalue weighted by Gasteiger charge is 2.35. The van der Waals surface area contributed by atoms with E-state index in [1.165, 1.54) is 11.3 Å². The summed E-state index contributed by atoms with van der Waals surface area (Å²) in [6, 6.07) is 6.07. The van der Waals surface area contributed by atoms with Crippen LogP contribution in [0.25, 0.3) is 10.2 Å². The maximum atomic E-state index is 13.8. The summed E-state index contributed by atoms with van der Waals surface area (Å²) in [5.41, 5.74) is 2.33. The van der Waals surface area contributed by atoms with E-state index in [9.17, 15) is 17.6 Å². The quantitative estimate of drug-likeness (QED) is 0.429. The number of carbonyl (C=O) groups is 1. The lowest BCUT2D eigenvalue weighted by molar-refractivity contribution is -0.134. The van der Waals surface area contributed by atoms with Crippen LogP contribution in [0.2, 0.25) is 0 Å². The molecule has 2 aliphatic rings. The molecule has 4 heterocycles. The van der Waals surface area contributed by atoms with E-state index in [0.717, 1.165) is 22.2 Å². The number of likely N-dealkylation sites (tertiary alicyclic amines) is 1. The van der Waals surface area contributed by atoms with E-state index in [1.54, 1.807) is 35.5 Å². The Hall–Kier alpha value is -2.63. The van der Waals surface area contributed by atoms with Crippen molar-refractivity contribution in [2.45, 2.75) is 56.9 Å². The minimum absolute atomic E-state index is 0.0112. The number of rotatable bonds is 8. The van der Waals surface area contributed by atoms with Gasteiger partial charge in [0.2, 0.25) is 15.9 Å². The Balaban J connectivity index is 1.42. The van der Waals surface area contributed by atoms with Crippen molar-refractivity contribution in [3.8, 4) is 0 Å². The van der Waals surface area contributed by atoms with E-state index in [-0.39, 0.29) is 35.2 Å². The Labute approximate surface area is 227 Å².